The predicted octanol–water partition coefficient (Wildman–Crippen LogP) is 15.7. The van der Waals surface area contributed by atoms with E-state index in [2.05, 4.69) is 204 Å². The minimum Gasteiger partial charge on any atom is -0.456 e. The average Bonchev–Trinajstić information content (AvgIpc) is 3.84. The monoisotopic (exact) mass is 734 g/mol. The fraction of sp³-hybridized carbons (Fsp3) is 0. The van der Waals surface area contributed by atoms with E-state index in [0.29, 0.717) is 0 Å². The summed E-state index contributed by atoms with van der Waals surface area (Å²) < 4.78 is 8.96. The summed E-state index contributed by atoms with van der Waals surface area (Å²) in [6, 6.07) is 73.8. The molecule has 0 aliphatic heterocycles. The Labute approximate surface area is 328 Å². The molecule has 56 heavy (non-hydrogen) atoms. The normalized spacial score (nSPS) is 11.6. The SMILES string of the molecule is c1ccc(N(c2ccc(-c3ccc(N(c4ccccc4)c4cccc5oc6ccccc6c45)c4ccccc34)cc2)c2ccc3c(c2)sc2ccccc23)cc1. The van der Waals surface area contributed by atoms with E-state index in [1.54, 1.807) is 0 Å². The van der Waals surface area contributed by atoms with Gasteiger partial charge in [-0.25, -0.2) is 0 Å². The molecule has 0 aliphatic rings. The van der Waals surface area contributed by atoms with E-state index in [4.69, 9.17) is 4.42 Å². The zero-order chi connectivity index (χ0) is 37.0. The summed E-state index contributed by atoms with van der Waals surface area (Å²) in [5.74, 6) is 0. The Morgan fingerprint density at radius 1 is 0.339 bits per heavy atom. The lowest BCUT2D eigenvalue weighted by Crippen LogP contribution is -2.11. The van der Waals surface area contributed by atoms with Crippen LogP contribution in [0.1, 0.15) is 0 Å². The number of benzene rings is 9. The summed E-state index contributed by atoms with van der Waals surface area (Å²) in [5.41, 5.74) is 10.8. The van der Waals surface area contributed by atoms with E-state index in [1.807, 2.05) is 23.5 Å². The molecule has 0 aliphatic carbocycles. The average molecular weight is 735 g/mol. The van der Waals surface area contributed by atoms with Gasteiger partial charge in [-0.15, -0.1) is 11.3 Å². The predicted molar refractivity (Wildman–Crippen MR) is 239 cm³/mol. The molecular formula is C52H34N2OS. The van der Waals surface area contributed by atoms with Crippen LogP contribution < -0.4 is 9.80 Å². The number of furan rings is 1. The van der Waals surface area contributed by atoms with Crippen LogP contribution in [0.15, 0.2) is 211 Å². The van der Waals surface area contributed by atoms with Crippen molar-refractivity contribution in [3.05, 3.63) is 206 Å². The van der Waals surface area contributed by atoms with Crippen LogP contribution in [0.3, 0.4) is 0 Å². The molecule has 0 saturated carbocycles. The highest BCUT2D eigenvalue weighted by atomic mass is 32.1. The molecule has 0 spiro atoms. The molecule has 0 fully saturated rings. The lowest BCUT2D eigenvalue weighted by Gasteiger charge is -2.28. The summed E-state index contributed by atoms with van der Waals surface area (Å²) in [7, 11) is 0. The summed E-state index contributed by atoms with van der Waals surface area (Å²) >= 11 is 1.85. The fourth-order valence-electron chi connectivity index (χ4n) is 8.33. The van der Waals surface area contributed by atoms with Crippen molar-refractivity contribution in [1.82, 2.24) is 0 Å². The van der Waals surface area contributed by atoms with Gasteiger partial charge in [0.1, 0.15) is 11.2 Å². The first-order valence-electron chi connectivity index (χ1n) is 18.9. The number of fused-ring (bicyclic) bond motifs is 7. The van der Waals surface area contributed by atoms with Gasteiger partial charge in [0.15, 0.2) is 0 Å². The molecule has 2 aromatic heterocycles. The van der Waals surface area contributed by atoms with Crippen molar-refractivity contribution >= 4 is 98.3 Å². The Morgan fingerprint density at radius 2 is 0.929 bits per heavy atom. The second-order valence-corrected chi connectivity index (χ2v) is 15.2. The molecule has 3 nitrogen and oxygen atoms in total. The standard InChI is InChI=1S/C52H34N2OS/c1-3-14-36(15-4-1)53(39-30-31-44-43-20-10-12-25-50(43)56-51(44)34-39)38-28-26-35(27-29-38)40-32-33-46(42-19-8-7-18-41(40)42)54(37-16-5-2-6-17-37)47-22-13-24-49-52(47)45-21-9-11-23-48(45)55-49/h1-34H. The topological polar surface area (TPSA) is 19.6 Å². The third-order valence-electron chi connectivity index (χ3n) is 10.8. The van der Waals surface area contributed by atoms with Crippen LogP contribution in [0, 0.1) is 0 Å². The van der Waals surface area contributed by atoms with Gasteiger partial charge in [0.25, 0.3) is 0 Å². The quantitative estimate of drug-likeness (QED) is 0.163. The number of nitrogens with zero attached hydrogens (tertiary/aromatic N) is 2. The first kappa shape index (κ1) is 32.3. The molecule has 9 aromatic carbocycles. The van der Waals surface area contributed by atoms with Gasteiger partial charge in [-0.3, -0.25) is 0 Å². The van der Waals surface area contributed by atoms with Gasteiger partial charge < -0.3 is 14.2 Å². The number of para-hydroxylation sites is 3. The van der Waals surface area contributed by atoms with E-state index in [9.17, 15) is 0 Å². The number of rotatable bonds is 7. The van der Waals surface area contributed by atoms with Crippen molar-refractivity contribution in [3.63, 3.8) is 0 Å². The molecule has 11 rings (SSSR count). The van der Waals surface area contributed by atoms with Gasteiger partial charge in [-0.2, -0.15) is 0 Å². The van der Waals surface area contributed by atoms with Crippen molar-refractivity contribution in [2.75, 3.05) is 9.80 Å². The number of thiophene rings is 1. The number of anilines is 6. The maximum absolute atomic E-state index is 6.36. The third-order valence-corrected chi connectivity index (χ3v) is 12.0. The van der Waals surface area contributed by atoms with Gasteiger partial charge in [0, 0.05) is 53.7 Å². The second kappa shape index (κ2) is 13.3. The first-order chi connectivity index (χ1) is 27.8. The molecule has 2 heterocycles. The lowest BCUT2D eigenvalue weighted by atomic mass is 9.95. The van der Waals surface area contributed by atoms with E-state index in [1.165, 1.54) is 42.1 Å². The van der Waals surface area contributed by atoms with Crippen molar-refractivity contribution in [3.8, 4) is 11.1 Å². The molecule has 0 bridgehead atoms. The van der Waals surface area contributed by atoms with Crippen molar-refractivity contribution in [2.45, 2.75) is 0 Å². The van der Waals surface area contributed by atoms with Crippen molar-refractivity contribution < 1.29 is 4.42 Å². The van der Waals surface area contributed by atoms with E-state index >= 15 is 0 Å². The minimum atomic E-state index is 0.874. The van der Waals surface area contributed by atoms with Gasteiger partial charge in [0.05, 0.1) is 16.8 Å². The molecular weight excluding hydrogens is 701 g/mol. The van der Waals surface area contributed by atoms with Crippen LogP contribution in [-0.4, -0.2) is 0 Å². The Kier molecular flexibility index (Phi) is 7.68. The Hall–Kier alpha value is -7.14. The summed E-state index contributed by atoms with van der Waals surface area (Å²) in [5, 5.41) is 7.18. The fourth-order valence-corrected chi connectivity index (χ4v) is 9.46. The lowest BCUT2D eigenvalue weighted by molar-refractivity contribution is 0.669. The van der Waals surface area contributed by atoms with Gasteiger partial charge in [0.2, 0.25) is 0 Å². The van der Waals surface area contributed by atoms with E-state index < -0.39 is 0 Å². The molecule has 264 valence electrons. The molecule has 0 unspecified atom stereocenters. The highest BCUT2D eigenvalue weighted by Gasteiger charge is 2.22. The highest BCUT2D eigenvalue weighted by Crippen LogP contribution is 2.47. The minimum absolute atomic E-state index is 0.874. The Balaban J connectivity index is 1.03. The third kappa shape index (κ3) is 5.34. The zero-order valence-electron chi connectivity index (χ0n) is 30.3. The van der Waals surface area contributed by atoms with Crippen LogP contribution in [-0.2, 0) is 0 Å². The summed E-state index contributed by atoms with van der Waals surface area (Å²) in [6.07, 6.45) is 0. The molecule has 0 radical (unpaired) electrons. The van der Waals surface area contributed by atoms with Gasteiger partial charge >= 0.3 is 0 Å². The van der Waals surface area contributed by atoms with E-state index in [-0.39, 0.29) is 0 Å². The molecule has 0 saturated heterocycles. The molecule has 0 N–H and O–H groups in total. The van der Waals surface area contributed by atoms with Crippen LogP contribution >= 0.6 is 11.3 Å². The number of hydrogen-bond acceptors (Lipinski definition) is 4. The van der Waals surface area contributed by atoms with Crippen LogP contribution in [0.5, 0.6) is 0 Å². The summed E-state index contributed by atoms with van der Waals surface area (Å²) in [6.45, 7) is 0. The van der Waals surface area contributed by atoms with Crippen molar-refractivity contribution in [2.24, 2.45) is 0 Å². The van der Waals surface area contributed by atoms with E-state index in [0.717, 1.165) is 56.1 Å². The second-order valence-electron chi connectivity index (χ2n) is 14.1. The first-order valence-corrected chi connectivity index (χ1v) is 19.7. The number of hydrogen-bond donors (Lipinski definition) is 0. The maximum Gasteiger partial charge on any atom is 0.137 e. The smallest absolute Gasteiger partial charge is 0.137 e. The van der Waals surface area contributed by atoms with Crippen LogP contribution in [0.4, 0.5) is 34.1 Å². The van der Waals surface area contributed by atoms with Crippen LogP contribution in [0.2, 0.25) is 0 Å². The highest BCUT2D eigenvalue weighted by molar-refractivity contribution is 7.25. The van der Waals surface area contributed by atoms with Gasteiger partial charge in [-0.1, -0.05) is 127 Å². The summed E-state index contributed by atoms with van der Waals surface area (Å²) in [4.78, 5) is 4.73. The van der Waals surface area contributed by atoms with Crippen molar-refractivity contribution in [1.29, 1.82) is 0 Å². The Morgan fingerprint density at radius 3 is 1.71 bits per heavy atom. The molecule has 0 atom stereocenters. The van der Waals surface area contributed by atoms with Gasteiger partial charge in [-0.05, 0) is 95.4 Å². The van der Waals surface area contributed by atoms with Crippen LogP contribution in [0.25, 0.3) is 64.0 Å². The zero-order valence-corrected chi connectivity index (χ0v) is 31.2. The largest absolute Gasteiger partial charge is 0.456 e. The molecule has 11 aromatic rings. The molecule has 4 heteroatoms. The maximum atomic E-state index is 6.36. The Bertz CT molecular complexity index is 3200. The molecule has 0 amide bonds.